The summed E-state index contributed by atoms with van der Waals surface area (Å²) in [6.07, 6.45) is 17.6. The van der Waals surface area contributed by atoms with Crippen molar-refractivity contribution < 1.29 is 8.78 Å². The first kappa shape index (κ1) is 18.6. The van der Waals surface area contributed by atoms with Gasteiger partial charge in [0, 0.05) is 0 Å². The van der Waals surface area contributed by atoms with Gasteiger partial charge in [-0.2, -0.15) is 0 Å². The van der Waals surface area contributed by atoms with Crippen LogP contribution in [0.3, 0.4) is 0 Å². The smallest absolute Gasteiger partial charge is 0.159 e. The van der Waals surface area contributed by atoms with E-state index < -0.39 is 11.6 Å². The molecule has 1 aromatic carbocycles. The fraction of sp³-hybridized carbons (Fsp3) is 0.652. The van der Waals surface area contributed by atoms with Crippen molar-refractivity contribution in [2.45, 2.75) is 77.0 Å². The zero-order chi connectivity index (χ0) is 17.6. The van der Waals surface area contributed by atoms with Crippen molar-refractivity contribution in [1.82, 2.24) is 0 Å². The molecule has 0 spiro atoms. The molecule has 2 aliphatic carbocycles. The van der Waals surface area contributed by atoms with Crippen LogP contribution in [0.2, 0.25) is 0 Å². The van der Waals surface area contributed by atoms with Crippen LogP contribution in [-0.4, -0.2) is 0 Å². The summed E-state index contributed by atoms with van der Waals surface area (Å²) in [6.45, 7) is 2.13. The van der Waals surface area contributed by atoms with Gasteiger partial charge in [-0.1, -0.05) is 31.1 Å². The van der Waals surface area contributed by atoms with Crippen LogP contribution in [0, 0.1) is 29.4 Å². The Bertz CT molecular complexity index is 561. The van der Waals surface area contributed by atoms with Crippen molar-refractivity contribution in [3.05, 3.63) is 47.5 Å². The van der Waals surface area contributed by atoms with Gasteiger partial charge in [-0.05, 0) is 99.7 Å². The number of rotatable bonds is 5. The molecule has 25 heavy (non-hydrogen) atoms. The molecule has 2 saturated carbocycles. The summed E-state index contributed by atoms with van der Waals surface area (Å²) in [7, 11) is 0. The maximum Gasteiger partial charge on any atom is 0.159 e. The SMILES string of the molecule is CC=CC1CCC(CCC2CCC(c3ccc(F)c(F)c3)CC2)CC1. The molecule has 0 N–H and O–H groups in total. The summed E-state index contributed by atoms with van der Waals surface area (Å²) >= 11 is 0. The Morgan fingerprint density at radius 1 is 0.840 bits per heavy atom. The number of allylic oxidation sites excluding steroid dienone is 2. The predicted octanol–water partition coefficient (Wildman–Crippen LogP) is 7.40. The number of hydrogen-bond donors (Lipinski definition) is 0. The molecular weight excluding hydrogens is 314 g/mol. The summed E-state index contributed by atoms with van der Waals surface area (Å²) in [6, 6.07) is 4.46. The summed E-state index contributed by atoms with van der Waals surface area (Å²) in [5.74, 6) is 1.59. The Morgan fingerprint density at radius 3 is 2.00 bits per heavy atom. The maximum atomic E-state index is 13.4. The van der Waals surface area contributed by atoms with Crippen LogP contribution in [0.15, 0.2) is 30.4 Å². The first-order valence-electron chi connectivity index (χ1n) is 10.2. The lowest BCUT2D eigenvalue weighted by molar-refractivity contribution is 0.246. The normalized spacial score (nSPS) is 30.7. The molecule has 0 heterocycles. The van der Waals surface area contributed by atoms with E-state index >= 15 is 0 Å². The van der Waals surface area contributed by atoms with Gasteiger partial charge in [0.05, 0.1) is 0 Å². The summed E-state index contributed by atoms with van der Waals surface area (Å²) in [5.41, 5.74) is 0.986. The second kappa shape index (κ2) is 8.96. The van der Waals surface area contributed by atoms with E-state index in [4.69, 9.17) is 0 Å². The molecule has 0 nitrogen and oxygen atoms in total. The number of halogens is 2. The molecule has 0 unspecified atom stereocenters. The van der Waals surface area contributed by atoms with Gasteiger partial charge in [-0.15, -0.1) is 0 Å². The molecule has 0 aromatic heterocycles. The van der Waals surface area contributed by atoms with Crippen LogP contribution in [0.1, 0.15) is 82.6 Å². The summed E-state index contributed by atoms with van der Waals surface area (Å²) in [4.78, 5) is 0. The van der Waals surface area contributed by atoms with E-state index in [1.807, 2.05) is 0 Å². The zero-order valence-corrected chi connectivity index (χ0v) is 15.5. The third-order valence-electron chi connectivity index (χ3n) is 6.60. The van der Waals surface area contributed by atoms with Crippen molar-refractivity contribution in [2.75, 3.05) is 0 Å². The second-order valence-corrected chi connectivity index (χ2v) is 8.28. The van der Waals surface area contributed by atoms with E-state index in [1.165, 1.54) is 63.5 Å². The van der Waals surface area contributed by atoms with Crippen molar-refractivity contribution in [3.8, 4) is 0 Å². The molecule has 0 bridgehead atoms. The molecule has 0 amide bonds. The molecule has 0 saturated heterocycles. The Labute approximate surface area is 151 Å². The van der Waals surface area contributed by atoms with Crippen molar-refractivity contribution in [3.63, 3.8) is 0 Å². The minimum absolute atomic E-state index is 0.419. The van der Waals surface area contributed by atoms with Crippen molar-refractivity contribution >= 4 is 0 Å². The predicted molar refractivity (Wildman–Crippen MR) is 101 cm³/mol. The molecule has 0 radical (unpaired) electrons. The van der Waals surface area contributed by atoms with Crippen LogP contribution in [0.5, 0.6) is 0 Å². The highest BCUT2D eigenvalue weighted by atomic mass is 19.2. The highest BCUT2D eigenvalue weighted by Crippen LogP contribution is 2.40. The van der Waals surface area contributed by atoms with E-state index in [0.29, 0.717) is 5.92 Å². The fourth-order valence-electron chi connectivity index (χ4n) is 4.96. The highest BCUT2D eigenvalue weighted by molar-refractivity contribution is 5.22. The number of hydrogen-bond acceptors (Lipinski definition) is 0. The fourth-order valence-corrected chi connectivity index (χ4v) is 4.96. The highest BCUT2D eigenvalue weighted by Gasteiger charge is 2.25. The van der Waals surface area contributed by atoms with E-state index in [-0.39, 0.29) is 0 Å². The molecule has 2 heteroatoms. The third-order valence-corrected chi connectivity index (χ3v) is 6.60. The lowest BCUT2D eigenvalue weighted by atomic mass is 9.74. The second-order valence-electron chi connectivity index (χ2n) is 8.28. The minimum Gasteiger partial charge on any atom is -0.204 e. The van der Waals surface area contributed by atoms with E-state index in [2.05, 4.69) is 19.1 Å². The van der Waals surface area contributed by atoms with Crippen LogP contribution < -0.4 is 0 Å². The van der Waals surface area contributed by atoms with E-state index in [9.17, 15) is 8.78 Å². The van der Waals surface area contributed by atoms with E-state index in [0.717, 1.165) is 36.2 Å². The Morgan fingerprint density at radius 2 is 1.44 bits per heavy atom. The Balaban J connectivity index is 1.39. The van der Waals surface area contributed by atoms with Crippen LogP contribution >= 0.6 is 0 Å². The molecule has 0 aliphatic heterocycles. The summed E-state index contributed by atoms with van der Waals surface area (Å²) in [5, 5.41) is 0. The monoisotopic (exact) mass is 346 g/mol. The van der Waals surface area contributed by atoms with Crippen LogP contribution in [0.4, 0.5) is 8.78 Å². The van der Waals surface area contributed by atoms with Gasteiger partial charge in [0.15, 0.2) is 11.6 Å². The Kier molecular flexibility index (Phi) is 6.67. The lowest BCUT2D eigenvalue weighted by Gasteiger charge is -2.31. The van der Waals surface area contributed by atoms with Gasteiger partial charge in [-0.25, -0.2) is 8.78 Å². The average molecular weight is 347 g/mol. The molecule has 138 valence electrons. The molecule has 2 aliphatic rings. The van der Waals surface area contributed by atoms with Gasteiger partial charge < -0.3 is 0 Å². The maximum absolute atomic E-state index is 13.4. The molecule has 2 fully saturated rings. The van der Waals surface area contributed by atoms with Crippen molar-refractivity contribution in [1.29, 1.82) is 0 Å². The van der Waals surface area contributed by atoms with Gasteiger partial charge in [0.2, 0.25) is 0 Å². The van der Waals surface area contributed by atoms with E-state index in [1.54, 1.807) is 6.07 Å². The van der Waals surface area contributed by atoms with Crippen LogP contribution in [0.25, 0.3) is 0 Å². The summed E-state index contributed by atoms with van der Waals surface area (Å²) < 4.78 is 26.5. The topological polar surface area (TPSA) is 0 Å². The molecule has 1 aromatic rings. The molecular formula is C23H32F2. The zero-order valence-electron chi connectivity index (χ0n) is 15.5. The van der Waals surface area contributed by atoms with Gasteiger partial charge >= 0.3 is 0 Å². The molecule has 3 rings (SSSR count). The largest absolute Gasteiger partial charge is 0.204 e. The van der Waals surface area contributed by atoms with Crippen LogP contribution in [-0.2, 0) is 0 Å². The van der Waals surface area contributed by atoms with Gasteiger partial charge in [-0.3, -0.25) is 0 Å². The third kappa shape index (κ3) is 5.15. The standard InChI is InChI=1S/C23H32F2/c1-2-3-17-4-6-18(7-5-17)8-9-19-10-12-20(13-11-19)21-14-15-22(24)23(25)16-21/h2-3,14-20H,4-13H2,1H3. The first-order valence-corrected chi connectivity index (χ1v) is 10.2. The lowest BCUT2D eigenvalue weighted by Crippen LogP contribution is -2.17. The quantitative estimate of drug-likeness (QED) is 0.487. The van der Waals surface area contributed by atoms with Gasteiger partial charge in [0.1, 0.15) is 0 Å². The van der Waals surface area contributed by atoms with Gasteiger partial charge in [0.25, 0.3) is 0 Å². The Hall–Kier alpha value is -1.18. The minimum atomic E-state index is -0.735. The van der Waals surface area contributed by atoms with Crippen molar-refractivity contribution in [2.24, 2.45) is 17.8 Å². The first-order chi connectivity index (χ1) is 12.2. The molecule has 0 atom stereocenters. The average Bonchev–Trinajstić information content (AvgIpc) is 2.64. The number of benzene rings is 1.